The Kier molecular flexibility index (Phi) is 2.29. The Labute approximate surface area is 69.8 Å². The van der Waals surface area contributed by atoms with E-state index < -0.39 is 5.60 Å². The molecule has 0 bridgehead atoms. The van der Waals surface area contributed by atoms with Gasteiger partial charge in [0.25, 0.3) is 0 Å². The van der Waals surface area contributed by atoms with Gasteiger partial charge in [0.2, 0.25) is 0 Å². The third-order valence-corrected chi connectivity index (χ3v) is 3.37. The number of hydrogen-bond donors (Lipinski definition) is 1. The van der Waals surface area contributed by atoms with Gasteiger partial charge in [0.1, 0.15) is 0 Å². The average Bonchev–Trinajstić information content (AvgIpc) is 2.11. The molecule has 1 heteroatoms. The van der Waals surface area contributed by atoms with Gasteiger partial charge in [-0.1, -0.05) is 20.3 Å². The van der Waals surface area contributed by atoms with Crippen LogP contribution in [0.3, 0.4) is 0 Å². The fraction of sp³-hybridized carbons (Fsp3) is 1.00. The van der Waals surface area contributed by atoms with Crippen molar-refractivity contribution in [2.45, 2.75) is 46.1 Å². The quantitative estimate of drug-likeness (QED) is 0.618. The van der Waals surface area contributed by atoms with E-state index in [-0.39, 0.29) is 0 Å². The van der Waals surface area contributed by atoms with E-state index >= 15 is 0 Å². The van der Waals surface area contributed by atoms with Gasteiger partial charge in [-0.25, -0.2) is 0 Å². The molecule has 0 heterocycles. The summed E-state index contributed by atoms with van der Waals surface area (Å²) < 4.78 is 0. The largest absolute Gasteiger partial charge is 0.390 e. The fourth-order valence-electron chi connectivity index (χ4n) is 2.36. The summed E-state index contributed by atoms with van der Waals surface area (Å²) in [5.41, 5.74) is -0.468. The maximum Gasteiger partial charge on any atom is 0.0622 e. The normalized spacial score (nSPS) is 39.5. The van der Waals surface area contributed by atoms with Crippen LogP contribution >= 0.6 is 0 Å². The average molecular weight is 156 g/mol. The lowest BCUT2D eigenvalue weighted by molar-refractivity contribution is -0.000367. The third kappa shape index (κ3) is 1.76. The molecule has 1 rings (SSSR count). The van der Waals surface area contributed by atoms with E-state index in [0.29, 0.717) is 11.8 Å². The molecule has 1 nitrogen and oxygen atoms in total. The standard InChI is InChI=1S/C10H20O/c1-7-5-6-9(8(7)2)10(3,4)11/h7-9,11H,5-6H2,1-4H3. The number of hydrogen-bond acceptors (Lipinski definition) is 1. The predicted octanol–water partition coefficient (Wildman–Crippen LogP) is 2.44. The van der Waals surface area contributed by atoms with Crippen molar-refractivity contribution in [2.75, 3.05) is 0 Å². The first-order valence-corrected chi connectivity index (χ1v) is 4.65. The van der Waals surface area contributed by atoms with Gasteiger partial charge in [-0.2, -0.15) is 0 Å². The lowest BCUT2D eigenvalue weighted by Crippen LogP contribution is -2.33. The molecule has 0 radical (unpaired) electrons. The molecule has 66 valence electrons. The molecule has 11 heavy (non-hydrogen) atoms. The van der Waals surface area contributed by atoms with Crippen LogP contribution < -0.4 is 0 Å². The zero-order valence-corrected chi connectivity index (χ0v) is 8.09. The highest BCUT2D eigenvalue weighted by Crippen LogP contribution is 2.42. The third-order valence-electron chi connectivity index (χ3n) is 3.37. The van der Waals surface area contributed by atoms with E-state index in [9.17, 15) is 5.11 Å². The molecule has 3 unspecified atom stereocenters. The van der Waals surface area contributed by atoms with Crippen LogP contribution in [0.2, 0.25) is 0 Å². The first kappa shape index (κ1) is 9.05. The smallest absolute Gasteiger partial charge is 0.0622 e. The SMILES string of the molecule is CC1CCC(C(C)(C)O)C1C. The minimum absolute atomic E-state index is 0.468. The Morgan fingerprint density at radius 2 is 1.73 bits per heavy atom. The van der Waals surface area contributed by atoms with Crippen molar-refractivity contribution >= 4 is 0 Å². The molecule has 0 aromatic carbocycles. The van der Waals surface area contributed by atoms with E-state index in [0.717, 1.165) is 5.92 Å². The van der Waals surface area contributed by atoms with Gasteiger partial charge in [-0.15, -0.1) is 0 Å². The highest BCUT2D eigenvalue weighted by molar-refractivity contribution is 4.88. The van der Waals surface area contributed by atoms with Crippen molar-refractivity contribution in [3.05, 3.63) is 0 Å². The summed E-state index contributed by atoms with van der Waals surface area (Å²) in [6.07, 6.45) is 2.49. The van der Waals surface area contributed by atoms with Crippen molar-refractivity contribution < 1.29 is 5.11 Å². The number of rotatable bonds is 1. The van der Waals surface area contributed by atoms with Gasteiger partial charge in [0, 0.05) is 0 Å². The highest BCUT2D eigenvalue weighted by atomic mass is 16.3. The summed E-state index contributed by atoms with van der Waals surface area (Å²) in [7, 11) is 0. The van der Waals surface area contributed by atoms with Crippen LogP contribution in [0.15, 0.2) is 0 Å². The van der Waals surface area contributed by atoms with Gasteiger partial charge >= 0.3 is 0 Å². The second kappa shape index (κ2) is 2.78. The van der Waals surface area contributed by atoms with E-state index in [1.165, 1.54) is 12.8 Å². The molecular weight excluding hydrogens is 136 g/mol. The summed E-state index contributed by atoms with van der Waals surface area (Å²) in [5.74, 6) is 2.00. The molecule has 0 aromatic heterocycles. The van der Waals surface area contributed by atoms with Crippen LogP contribution in [0, 0.1) is 17.8 Å². The van der Waals surface area contributed by atoms with Crippen LogP contribution in [-0.2, 0) is 0 Å². The van der Waals surface area contributed by atoms with Crippen LogP contribution in [0.4, 0.5) is 0 Å². The molecule has 0 aromatic rings. The predicted molar refractivity (Wildman–Crippen MR) is 47.3 cm³/mol. The first-order valence-electron chi connectivity index (χ1n) is 4.65. The topological polar surface area (TPSA) is 20.2 Å². The molecule has 0 spiro atoms. The van der Waals surface area contributed by atoms with E-state index in [1.807, 2.05) is 13.8 Å². The Hall–Kier alpha value is -0.0400. The van der Waals surface area contributed by atoms with Crippen molar-refractivity contribution in [3.8, 4) is 0 Å². The molecule has 0 saturated heterocycles. The summed E-state index contributed by atoms with van der Waals surface area (Å²) in [6, 6.07) is 0. The lowest BCUT2D eigenvalue weighted by atomic mass is 9.81. The second-order valence-corrected chi connectivity index (χ2v) is 4.67. The van der Waals surface area contributed by atoms with Crippen molar-refractivity contribution in [1.82, 2.24) is 0 Å². The molecule has 3 atom stereocenters. The highest BCUT2D eigenvalue weighted by Gasteiger charge is 2.38. The number of aliphatic hydroxyl groups is 1. The van der Waals surface area contributed by atoms with E-state index in [1.54, 1.807) is 0 Å². The van der Waals surface area contributed by atoms with Crippen LogP contribution in [0.1, 0.15) is 40.5 Å². The minimum atomic E-state index is -0.468. The molecule has 1 N–H and O–H groups in total. The van der Waals surface area contributed by atoms with Crippen LogP contribution in [0.25, 0.3) is 0 Å². The van der Waals surface area contributed by atoms with Gasteiger partial charge in [0.15, 0.2) is 0 Å². The van der Waals surface area contributed by atoms with Crippen molar-refractivity contribution in [1.29, 1.82) is 0 Å². The zero-order chi connectivity index (χ0) is 8.65. The Bertz CT molecular complexity index is 134. The molecule has 1 saturated carbocycles. The first-order chi connectivity index (χ1) is 4.93. The summed E-state index contributed by atoms with van der Waals surface area (Å²) in [5, 5.41) is 9.81. The molecule has 1 fully saturated rings. The maximum absolute atomic E-state index is 9.81. The van der Waals surface area contributed by atoms with Gasteiger partial charge in [-0.05, 0) is 38.0 Å². The Morgan fingerprint density at radius 3 is 1.91 bits per heavy atom. The monoisotopic (exact) mass is 156 g/mol. The van der Waals surface area contributed by atoms with Crippen molar-refractivity contribution in [2.24, 2.45) is 17.8 Å². The molecule has 1 aliphatic rings. The Balaban J connectivity index is 2.62. The van der Waals surface area contributed by atoms with Crippen LogP contribution in [0.5, 0.6) is 0 Å². The Morgan fingerprint density at radius 1 is 1.18 bits per heavy atom. The second-order valence-electron chi connectivity index (χ2n) is 4.67. The molecule has 0 amide bonds. The lowest BCUT2D eigenvalue weighted by Gasteiger charge is -2.30. The van der Waals surface area contributed by atoms with Gasteiger partial charge < -0.3 is 5.11 Å². The summed E-state index contributed by atoms with van der Waals surface area (Å²) >= 11 is 0. The fourth-order valence-corrected chi connectivity index (χ4v) is 2.36. The van der Waals surface area contributed by atoms with Crippen LogP contribution in [-0.4, -0.2) is 10.7 Å². The maximum atomic E-state index is 9.81. The zero-order valence-electron chi connectivity index (χ0n) is 8.09. The van der Waals surface area contributed by atoms with E-state index in [2.05, 4.69) is 13.8 Å². The van der Waals surface area contributed by atoms with Gasteiger partial charge in [-0.3, -0.25) is 0 Å². The summed E-state index contributed by atoms with van der Waals surface area (Å²) in [4.78, 5) is 0. The minimum Gasteiger partial charge on any atom is -0.390 e. The van der Waals surface area contributed by atoms with Crippen molar-refractivity contribution in [3.63, 3.8) is 0 Å². The molecule has 1 aliphatic carbocycles. The molecular formula is C10H20O. The van der Waals surface area contributed by atoms with E-state index in [4.69, 9.17) is 0 Å². The summed E-state index contributed by atoms with van der Waals surface area (Å²) in [6.45, 7) is 8.43. The van der Waals surface area contributed by atoms with Gasteiger partial charge in [0.05, 0.1) is 5.60 Å². The molecule has 0 aliphatic heterocycles.